The number of rotatable bonds is 7. The van der Waals surface area contributed by atoms with Crippen molar-refractivity contribution in [2.75, 3.05) is 19.0 Å². The summed E-state index contributed by atoms with van der Waals surface area (Å²) in [5.74, 6) is 0.0348. The molecule has 1 atom stereocenters. The quantitative estimate of drug-likeness (QED) is 0.332. The number of amides is 1. The molecule has 1 aliphatic rings. The van der Waals surface area contributed by atoms with Gasteiger partial charge in [0.2, 0.25) is 0 Å². The van der Waals surface area contributed by atoms with Crippen molar-refractivity contribution in [3.8, 4) is 11.5 Å². The van der Waals surface area contributed by atoms with Gasteiger partial charge in [-0.2, -0.15) is 0 Å². The van der Waals surface area contributed by atoms with E-state index in [2.05, 4.69) is 10.3 Å². The summed E-state index contributed by atoms with van der Waals surface area (Å²) in [5, 5.41) is 3.23. The molecule has 0 saturated heterocycles. The van der Waals surface area contributed by atoms with Crippen LogP contribution in [0, 0.1) is 5.82 Å². The van der Waals surface area contributed by atoms with Crippen LogP contribution in [0.25, 0.3) is 6.08 Å². The zero-order valence-electron chi connectivity index (χ0n) is 21.9. The molecule has 0 bridgehead atoms. The highest BCUT2D eigenvalue weighted by Gasteiger charge is 2.32. The summed E-state index contributed by atoms with van der Waals surface area (Å²) in [5.41, 5.74) is 2.22. The van der Waals surface area contributed by atoms with Gasteiger partial charge >= 0.3 is 0 Å². The van der Waals surface area contributed by atoms with Crippen LogP contribution in [0.2, 0.25) is 5.02 Å². The van der Waals surface area contributed by atoms with Crippen LogP contribution >= 0.6 is 22.9 Å². The largest absolute Gasteiger partial charge is 0.491 e. The molecule has 1 aromatic heterocycles. The third-order valence-corrected chi connectivity index (χ3v) is 7.58. The number of carbonyl (C=O) groups excluding carboxylic acids is 1. The minimum atomic E-state index is -0.818. The Bertz CT molecular complexity index is 1800. The Kier molecular flexibility index (Phi) is 7.86. The Morgan fingerprint density at radius 3 is 2.58 bits per heavy atom. The van der Waals surface area contributed by atoms with Gasteiger partial charge in [0.25, 0.3) is 11.5 Å². The number of benzene rings is 3. The molecule has 7 nitrogen and oxygen atoms in total. The monoisotopic (exact) mass is 577 g/mol. The predicted octanol–water partition coefficient (Wildman–Crippen LogP) is 5.07. The average molecular weight is 578 g/mol. The maximum Gasteiger partial charge on any atom is 0.271 e. The molecule has 0 unspecified atom stereocenters. The number of nitrogens with zero attached hydrogens (tertiary/aromatic N) is 2. The minimum absolute atomic E-state index is 0.292. The molecule has 0 aliphatic carbocycles. The van der Waals surface area contributed by atoms with Gasteiger partial charge in [0.15, 0.2) is 16.3 Å². The fraction of sp³-hybridized carbons (Fsp3) is 0.167. The number of methoxy groups -OCH3 is 1. The van der Waals surface area contributed by atoms with Crippen LogP contribution in [0.5, 0.6) is 11.5 Å². The molecular weight excluding hydrogens is 553 g/mol. The SMILES string of the molecule is CCOc1cc(/C=c2\sc3n(c2=O)[C@H](c2ccc(F)cc2)C(C(=O)Nc2ccccc2)=C(C)N=3)cc(Cl)c1OC. The molecule has 1 amide bonds. The van der Waals surface area contributed by atoms with Gasteiger partial charge in [-0.25, -0.2) is 9.38 Å². The number of nitrogens with one attached hydrogen (secondary N) is 1. The molecule has 1 aliphatic heterocycles. The molecule has 40 heavy (non-hydrogen) atoms. The molecule has 204 valence electrons. The van der Waals surface area contributed by atoms with Gasteiger partial charge in [0.1, 0.15) is 5.82 Å². The first-order valence-corrected chi connectivity index (χ1v) is 13.6. The zero-order valence-corrected chi connectivity index (χ0v) is 23.5. The van der Waals surface area contributed by atoms with Crippen molar-refractivity contribution in [3.05, 3.63) is 120 Å². The lowest BCUT2D eigenvalue weighted by atomic mass is 9.95. The summed E-state index contributed by atoms with van der Waals surface area (Å²) < 4.78 is 26.8. The Morgan fingerprint density at radius 2 is 1.90 bits per heavy atom. The lowest BCUT2D eigenvalue weighted by Crippen LogP contribution is -2.40. The Balaban J connectivity index is 1.66. The van der Waals surface area contributed by atoms with E-state index in [1.54, 1.807) is 49.4 Å². The molecule has 0 saturated carbocycles. The van der Waals surface area contributed by atoms with E-state index in [1.165, 1.54) is 35.1 Å². The second-order valence-corrected chi connectivity index (χ2v) is 10.3. The summed E-state index contributed by atoms with van der Waals surface area (Å²) in [6, 6.07) is 17.4. The minimum Gasteiger partial charge on any atom is -0.491 e. The molecule has 0 fully saturated rings. The third-order valence-electron chi connectivity index (χ3n) is 6.32. The van der Waals surface area contributed by atoms with Crippen molar-refractivity contribution in [1.82, 2.24) is 4.57 Å². The fourth-order valence-corrected chi connectivity index (χ4v) is 5.92. The highest BCUT2D eigenvalue weighted by Crippen LogP contribution is 2.36. The standard InChI is InChI=1S/C30H25ClFN3O4S/c1-4-39-23-15-18(14-22(31)27(23)38-3)16-24-29(37)35-26(19-10-12-20(32)13-11-19)25(17(2)33-30(35)40-24)28(36)34-21-8-6-5-7-9-21/h5-16,26H,4H2,1-3H3,(H,34,36)/b24-16-/t26-/m1/s1. The number of carbonyl (C=O) groups is 1. The van der Waals surface area contributed by atoms with Crippen LogP contribution in [0.4, 0.5) is 10.1 Å². The number of allylic oxidation sites excluding steroid dienone is 1. The van der Waals surface area contributed by atoms with Gasteiger partial charge in [-0.15, -0.1) is 0 Å². The van der Waals surface area contributed by atoms with Gasteiger partial charge in [0.05, 0.1) is 40.6 Å². The lowest BCUT2D eigenvalue weighted by Gasteiger charge is -2.25. The molecular formula is C30H25ClFN3O4S. The Hall–Kier alpha value is -4.21. The van der Waals surface area contributed by atoms with E-state index in [0.29, 0.717) is 60.5 Å². The van der Waals surface area contributed by atoms with Crippen LogP contribution in [-0.2, 0) is 4.79 Å². The van der Waals surface area contributed by atoms with Gasteiger partial charge in [-0.1, -0.05) is 53.3 Å². The summed E-state index contributed by atoms with van der Waals surface area (Å²) >= 11 is 7.62. The van der Waals surface area contributed by atoms with E-state index in [9.17, 15) is 14.0 Å². The van der Waals surface area contributed by atoms with E-state index >= 15 is 0 Å². The Labute approximate surface area is 238 Å². The van der Waals surface area contributed by atoms with Gasteiger partial charge in [0, 0.05) is 5.69 Å². The van der Waals surface area contributed by atoms with E-state index in [4.69, 9.17) is 21.1 Å². The van der Waals surface area contributed by atoms with E-state index in [1.807, 2.05) is 25.1 Å². The molecule has 0 radical (unpaired) electrons. The van der Waals surface area contributed by atoms with Crippen molar-refractivity contribution >= 4 is 40.6 Å². The van der Waals surface area contributed by atoms with E-state index in [0.717, 1.165) is 0 Å². The smallest absolute Gasteiger partial charge is 0.271 e. The van der Waals surface area contributed by atoms with E-state index < -0.39 is 17.8 Å². The lowest BCUT2D eigenvalue weighted by molar-refractivity contribution is -0.113. The van der Waals surface area contributed by atoms with Gasteiger partial charge in [-0.05, 0) is 67.4 Å². The number of hydrogen-bond acceptors (Lipinski definition) is 6. The first-order valence-electron chi connectivity index (χ1n) is 12.5. The summed E-state index contributed by atoms with van der Waals surface area (Å²) in [6.45, 7) is 3.98. The maximum atomic E-state index is 13.9. The molecule has 4 aromatic rings. The van der Waals surface area contributed by atoms with Crippen LogP contribution in [0.15, 0.2) is 87.8 Å². The Morgan fingerprint density at radius 1 is 1.18 bits per heavy atom. The highest BCUT2D eigenvalue weighted by molar-refractivity contribution is 7.07. The first kappa shape index (κ1) is 27.4. The second-order valence-electron chi connectivity index (χ2n) is 8.92. The molecule has 2 heterocycles. The second kappa shape index (κ2) is 11.5. The summed E-state index contributed by atoms with van der Waals surface area (Å²) in [4.78, 5) is 32.5. The van der Waals surface area contributed by atoms with Crippen LogP contribution in [-0.4, -0.2) is 24.2 Å². The normalized spacial score (nSPS) is 14.9. The summed E-state index contributed by atoms with van der Waals surface area (Å²) in [6.07, 6.45) is 1.70. The number of halogens is 2. The van der Waals surface area contributed by atoms with Crippen molar-refractivity contribution in [1.29, 1.82) is 0 Å². The van der Waals surface area contributed by atoms with Crippen molar-refractivity contribution < 1.29 is 18.7 Å². The van der Waals surface area contributed by atoms with Gasteiger partial charge < -0.3 is 14.8 Å². The van der Waals surface area contributed by atoms with E-state index in [-0.39, 0.29) is 5.56 Å². The van der Waals surface area contributed by atoms with Crippen LogP contribution in [0.3, 0.4) is 0 Å². The zero-order chi connectivity index (χ0) is 28.4. The first-order chi connectivity index (χ1) is 19.3. The van der Waals surface area contributed by atoms with Crippen LogP contribution < -0.4 is 29.7 Å². The number of para-hydroxylation sites is 1. The van der Waals surface area contributed by atoms with Crippen molar-refractivity contribution in [3.63, 3.8) is 0 Å². The van der Waals surface area contributed by atoms with Crippen molar-refractivity contribution in [2.45, 2.75) is 19.9 Å². The fourth-order valence-electron chi connectivity index (χ4n) is 4.58. The number of ether oxygens (including phenoxy) is 2. The number of fused-ring (bicyclic) bond motifs is 1. The predicted molar refractivity (Wildman–Crippen MR) is 154 cm³/mol. The summed E-state index contributed by atoms with van der Waals surface area (Å²) in [7, 11) is 1.50. The molecule has 1 N–H and O–H groups in total. The number of aromatic nitrogens is 1. The third kappa shape index (κ3) is 5.30. The van der Waals surface area contributed by atoms with Gasteiger partial charge in [-0.3, -0.25) is 14.2 Å². The average Bonchev–Trinajstić information content (AvgIpc) is 3.23. The molecule has 5 rings (SSSR count). The maximum absolute atomic E-state index is 13.9. The number of anilines is 1. The number of hydrogen-bond donors (Lipinski definition) is 1. The molecule has 10 heteroatoms. The molecule has 0 spiro atoms. The highest BCUT2D eigenvalue weighted by atomic mass is 35.5. The number of thiazole rings is 1. The van der Waals surface area contributed by atoms with Crippen LogP contribution in [0.1, 0.15) is 31.0 Å². The molecule has 3 aromatic carbocycles. The van der Waals surface area contributed by atoms with Crippen molar-refractivity contribution in [2.24, 2.45) is 4.99 Å². The topological polar surface area (TPSA) is 81.9 Å².